The van der Waals surface area contributed by atoms with Gasteiger partial charge in [0.05, 0.1) is 5.69 Å². The van der Waals surface area contributed by atoms with E-state index in [2.05, 4.69) is 30.9 Å². The molecule has 2 aromatic heterocycles. The molecule has 0 saturated heterocycles. The summed E-state index contributed by atoms with van der Waals surface area (Å²) in [6.45, 7) is 0. The SMILES string of the molecule is O=c1[nH]c(-c2ccc[nH]2)ncc1Br. The van der Waals surface area contributed by atoms with Crippen molar-refractivity contribution in [2.24, 2.45) is 0 Å². The van der Waals surface area contributed by atoms with Crippen molar-refractivity contribution in [2.45, 2.75) is 0 Å². The zero-order valence-corrected chi connectivity index (χ0v) is 8.13. The first kappa shape index (κ1) is 8.25. The molecule has 0 saturated carbocycles. The van der Waals surface area contributed by atoms with E-state index in [0.717, 1.165) is 5.69 Å². The highest BCUT2D eigenvalue weighted by molar-refractivity contribution is 9.10. The first-order chi connectivity index (χ1) is 6.27. The summed E-state index contributed by atoms with van der Waals surface area (Å²) >= 11 is 3.08. The number of nitrogens with one attached hydrogen (secondary N) is 2. The molecule has 4 nitrogen and oxygen atoms in total. The highest BCUT2D eigenvalue weighted by Gasteiger charge is 2.01. The quantitative estimate of drug-likeness (QED) is 0.793. The van der Waals surface area contributed by atoms with Crippen LogP contribution in [0.1, 0.15) is 0 Å². The molecule has 0 radical (unpaired) electrons. The van der Waals surface area contributed by atoms with Crippen molar-refractivity contribution in [1.82, 2.24) is 15.0 Å². The number of hydrogen-bond donors (Lipinski definition) is 2. The smallest absolute Gasteiger partial charge is 0.265 e. The lowest BCUT2D eigenvalue weighted by molar-refractivity contribution is 1.09. The molecule has 0 atom stereocenters. The molecule has 2 heterocycles. The molecule has 13 heavy (non-hydrogen) atoms. The number of aromatic nitrogens is 3. The number of H-pyrrole nitrogens is 2. The lowest BCUT2D eigenvalue weighted by Crippen LogP contribution is -2.08. The van der Waals surface area contributed by atoms with Crippen molar-refractivity contribution in [3.05, 3.63) is 39.4 Å². The maximum absolute atomic E-state index is 11.2. The molecule has 2 N–H and O–H groups in total. The summed E-state index contributed by atoms with van der Waals surface area (Å²) in [7, 11) is 0. The van der Waals surface area contributed by atoms with E-state index in [0.29, 0.717) is 10.3 Å². The van der Waals surface area contributed by atoms with Crippen LogP contribution in [0.15, 0.2) is 33.8 Å². The van der Waals surface area contributed by atoms with Gasteiger partial charge in [-0.25, -0.2) is 4.98 Å². The van der Waals surface area contributed by atoms with Gasteiger partial charge in [0.2, 0.25) is 0 Å². The first-order valence-electron chi connectivity index (χ1n) is 3.66. The van der Waals surface area contributed by atoms with Crippen LogP contribution in [0, 0.1) is 0 Å². The van der Waals surface area contributed by atoms with Crippen molar-refractivity contribution in [3.63, 3.8) is 0 Å². The van der Waals surface area contributed by atoms with Crippen molar-refractivity contribution in [2.75, 3.05) is 0 Å². The van der Waals surface area contributed by atoms with Crippen LogP contribution in [0.4, 0.5) is 0 Å². The Bertz CT molecular complexity index is 460. The van der Waals surface area contributed by atoms with Gasteiger partial charge < -0.3 is 9.97 Å². The molecule has 0 amide bonds. The Hall–Kier alpha value is -1.36. The number of hydrogen-bond acceptors (Lipinski definition) is 2. The summed E-state index contributed by atoms with van der Waals surface area (Å²) in [5.74, 6) is 0.540. The number of aromatic amines is 2. The van der Waals surface area contributed by atoms with Gasteiger partial charge >= 0.3 is 0 Å². The van der Waals surface area contributed by atoms with Crippen molar-refractivity contribution in [1.29, 1.82) is 0 Å². The summed E-state index contributed by atoms with van der Waals surface area (Å²) < 4.78 is 0.433. The van der Waals surface area contributed by atoms with E-state index in [1.165, 1.54) is 6.20 Å². The van der Waals surface area contributed by atoms with Crippen LogP contribution in [-0.2, 0) is 0 Å². The predicted molar refractivity (Wildman–Crippen MR) is 52.3 cm³/mol. The average molecular weight is 240 g/mol. The summed E-state index contributed by atoms with van der Waals surface area (Å²) in [6.07, 6.45) is 3.26. The van der Waals surface area contributed by atoms with Gasteiger partial charge in [-0.2, -0.15) is 0 Å². The Kier molecular flexibility index (Phi) is 2.02. The minimum atomic E-state index is -0.181. The van der Waals surface area contributed by atoms with Crippen LogP contribution in [0.3, 0.4) is 0 Å². The van der Waals surface area contributed by atoms with Crippen LogP contribution in [0.5, 0.6) is 0 Å². The van der Waals surface area contributed by atoms with Crippen molar-refractivity contribution in [3.8, 4) is 11.5 Å². The Labute approximate surface area is 82.2 Å². The van der Waals surface area contributed by atoms with Gasteiger partial charge in [-0.3, -0.25) is 4.79 Å². The Morgan fingerprint density at radius 3 is 2.92 bits per heavy atom. The fourth-order valence-electron chi connectivity index (χ4n) is 0.994. The molecule has 0 bridgehead atoms. The van der Waals surface area contributed by atoms with E-state index in [4.69, 9.17) is 0 Å². The van der Waals surface area contributed by atoms with Crippen molar-refractivity contribution < 1.29 is 0 Å². The van der Waals surface area contributed by atoms with Crippen LogP contribution in [0.25, 0.3) is 11.5 Å². The Morgan fingerprint density at radius 1 is 1.46 bits per heavy atom. The molecular weight excluding hydrogens is 234 g/mol. The summed E-state index contributed by atoms with van der Waals surface area (Å²) in [4.78, 5) is 20.8. The van der Waals surface area contributed by atoms with E-state index < -0.39 is 0 Å². The van der Waals surface area contributed by atoms with Crippen LogP contribution in [0.2, 0.25) is 0 Å². The highest BCUT2D eigenvalue weighted by Crippen LogP contribution is 2.10. The van der Waals surface area contributed by atoms with Crippen LogP contribution in [-0.4, -0.2) is 15.0 Å². The third-order valence-corrected chi connectivity index (χ3v) is 2.17. The largest absolute Gasteiger partial charge is 0.359 e. The van der Waals surface area contributed by atoms with E-state index in [1.807, 2.05) is 12.1 Å². The molecule has 0 unspecified atom stereocenters. The molecule has 2 rings (SSSR count). The van der Waals surface area contributed by atoms with E-state index >= 15 is 0 Å². The van der Waals surface area contributed by atoms with E-state index in [-0.39, 0.29) is 5.56 Å². The predicted octanol–water partition coefficient (Wildman–Crippen LogP) is 1.53. The first-order valence-corrected chi connectivity index (χ1v) is 4.45. The molecule has 0 aliphatic rings. The van der Waals surface area contributed by atoms with Gasteiger partial charge in [-0.15, -0.1) is 0 Å². The second-order valence-electron chi connectivity index (χ2n) is 2.49. The van der Waals surface area contributed by atoms with Crippen LogP contribution >= 0.6 is 15.9 Å². The van der Waals surface area contributed by atoms with Gasteiger partial charge in [-0.05, 0) is 28.1 Å². The fourth-order valence-corrected chi connectivity index (χ4v) is 1.20. The molecule has 0 aromatic carbocycles. The van der Waals surface area contributed by atoms with Gasteiger partial charge in [0.25, 0.3) is 5.56 Å². The molecule has 0 aliphatic heterocycles. The third kappa shape index (κ3) is 1.55. The standard InChI is InChI=1S/C8H6BrN3O/c9-5-4-11-7(12-8(5)13)6-2-1-3-10-6/h1-4,10H,(H,11,12,13). The molecule has 0 aliphatic carbocycles. The molecule has 0 fully saturated rings. The van der Waals surface area contributed by atoms with Gasteiger partial charge in [0, 0.05) is 12.4 Å². The lowest BCUT2D eigenvalue weighted by atomic mass is 10.4. The molecular formula is C8H6BrN3O. The zero-order chi connectivity index (χ0) is 9.26. The topological polar surface area (TPSA) is 61.5 Å². The summed E-state index contributed by atoms with van der Waals surface area (Å²) in [5, 5.41) is 0. The Balaban J connectivity index is 2.55. The molecule has 66 valence electrons. The normalized spacial score (nSPS) is 10.2. The number of halogens is 1. The van der Waals surface area contributed by atoms with Gasteiger partial charge in [0.15, 0.2) is 5.82 Å². The van der Waals surface area contributed by atoms with Crippen LogP contribution < -0.4 is 5.56 Å². The van der Waals surface area contributed by atoms with Gasteiger partial charge in [-0.1, -0.05) is 0 Å². The summed E-state index contributed by atoms with van der Waals surface area (Å²) in [5.41, 5.74) is 0.615. The number of rotatable bonds is 1. The second kappa shape index (κ2) is 3.18. The maximum Gasteiger partial charge on any atom is 0.265 e. The minimum Gasteiger partial charge on any atom is -0.359 e. The molecule has 0 spiro atoms. The zero-order valence-electron chi connectivity index (χ0n) is 6.54. The Morgan fingerprint density at radius 2 is 2.31 bits per heavy atom. The average Bonchev–Trinajstić information content (AvgIpc) is 2.62. The second-order valence-corrected chi connectivity index (χ2v) is 3.35. The molecule has 5 heteroatoms. The lowest BCUT2D eigenvalue weighted by Gasteiger charge is -1.95. The summed E-state index contributed by atoms with van der Waals surface area (Å²) in [6, 6.07) is 3.68. The van der Waals surface area contributed by atoms with Crippen molar-refractivity contribution >= 4 is 15.9 Å². The highest BCUT2D eigenvalue weighted by atomic mass is 79.9. The third-order valence-electron chi connectivity index (χ3n) is 1.61. The minimum absolute atomic E-state index is 0.181. The van der Waals surface area contributed by atoms with E-state index in [1.54, 1.807) is 6.20 Å². The number of nitrogens with zero attached hydrogens (tertiary/aromatic N) is 1. The maximum atomic E-state index is 11.2. The van der Waals surface area contributed by atoms with E-state index in [9.17, 15) is 4.79 Å². The fraction of sp³-hybridized carbons (Fsp3) is 0. The van der Waals surface area contributed by atoms with Gasteiger partial charge in [0.1, 0.15) is 4.47 Å². The molecule has 2 aromatic rings. The monoisotopic (exact) mass is 239 g/mol.